The van der Waals surface area contributed by atoms with Gasteiger partial charge in [-0.25, -0.2) is 0 Å². The molecule has 0 fully saturated rings. The van der Waals surface area contributed by atoms with Crippen LogP contribution in [0.2, 0.25) is 0 Å². The van der Waals surface area contributed by atoms with Crippen molar-refractivity contribution in [1.29, 1.82) is 0 Å². The normalized spacial score (nSPS) is 17.9. The van der Waals surface area contributed by atoms with E-state index in [1.165, 1.54) is 5.56 Å². The number of hydrogen-bond acceptors (Lipinski definition) is 2. The van der Waals surface area contributed by atoms with E-state index in [2.05, 4.69) is 58.1 Å². The Bertz CT molecular complexity index is 415. The molecule has 0 bridgehead atoms. The van der Waals surface area contributed by atoms with Gasteiger partial charge in [0.25, 0.3) is 0 Å². The van der Waals surface area contributed by atoms with Crippen molar-refractivity contribution in [2.45, 2.75) is 46.6 Å². The van der Waals surface area contributed by atoms with Crippen LogP contribution in [0.25, 0.3) is 0 Å². The fourth-order valence-corrected chi connectivity index (χ4v) is 2.17. The smallest absolute Gasteiger partial charge is 0.142 e. The summed E-state index contributed by atoms with van der Waals surface area (Å²) in [6, 6.07) is 6.50. The van der Waals surface area contributed by atoms with Crippen LogP contribution in [0.4, 0.5) is 5.69 Å². The Morgan fingerprint density at radius 3 is 2.65 bits per heavy atom. The molecule has 1 heterocycles. The van der Waals surface area contributed by atoms with E-state index in [0.29, 0.717) is 5.41 Å². The second-order valence-corrected chi connectivity index (χ2v) is 6.87. The Kier molecular flexibility index (Phi) is 2.84. The van der Waals surface area contributed by atoms with Gasteiger partial charge in [-0.3, -0.25) is 0 Å². The molecular formula is C15H23NO. The van der Waals surface area contributed by atoms with Gasteiger partial charge < -0.3 is 10.1 Å². The quantitative estimate of drug-likeness (QED) is 0.795. The average molecular weight is 233 g/mol. The van der Waals surface area contributed by atoms with Gasteiger partial charge in [0.1, 0.15) is 12.4 Å². The summed E-state index contributed by atoms with van der Waals surface area (Å²) in [5, 5.41) is 3.50. The van der Waals surface area contributed by atoms with Gasteiger partial charge in [0, 0.05) is 0 Å². The highest BCUT2D eigenvalue weighted by Crippen LogP contribution is 2.34. The maximum Gasteiger partial charge on any atom is 0.142 e. The SMILES string of the molecule is CC(C)(C)Cc1ccc2c(c1)OCC(C)(C)N2. The van der Waals surface area contributed by atoms with Crippen LogP contribution < -0.4 is 10.1 Å². The molecule has 0 aromatic heterocycles. The molecule has 0 spiro atoms. The highest BCUT2D eigenvalue weighted by molar-refractivity contribution is 5.60. The third kappa shape index (κ3) is 3.15. The number of ether oxygens (including phenoxy) is 1. The van der Waals surface area contributed by atoms with Crippen LogP contribution in [0.15, 0.2) is 18.2 Å². The molecule has 0 amide bonds. The molecule has 17 heavy (non-hydrogen) atoms. The summed E-state index contributed by atoms with van der Waals surface area (Å²) < 4.78 is 5.83. The lowest BCUT2D eigenvalue weighted by atomic mass is 9.88. The van der Waals surface area contributed by atoms with Crippen LogP contribution in [0.1, 0.15) is 40.2 Å². The van der Waals surface area contributed by atoms with Crippen LogP contribution in [0, 0.1) is 5.41 Å². The summed E-state index contributed by atoms with van der Waals surface area (Å²) in [4.78, 5) is 0. The summed E-state index contributed by atoms with van der Waals surface area (Å²) in [7, 11) is 0. The van der Waals surface area contributed by atoms with Gasteiger partial charge in [0.05, 0.1) is 11.2 Å². The number of benzene rings is 1. The fraction of sp³-hybridized carbons (Fsp3) is 0.600. The largest absolute Gasteiger partial charge is 0.489 e. The Hall–Kier alpha value is -1.18. The molecule has 0 saturated heterocycles. The third-order valence-corrected chi connectivity index (χ3v) is 2.84. The van der Waals surface area contributed by atoms with Crippen molar-refractivity contribution in [2.24, 2.45) is 5.41 Å². The van der Waals surface area contributed by atoms with Crippen molar-refractivity contribution in [2.75, 3.05) is 11.9 Å². The molecule has 1 aliphatic heterocycles. The van der Waals surface area contributed by atoms with Crippen LogP contribution >= 0.6 is 0 Å². The van der Waals surface area contributed by atoms with E-state index < -0.39 is 0 Å². The Labute approximate surface area is 104 Å². The van der Waals surface area contributed by atoms with Gasteiger partial charge in [-0.15, -0.1) is 0 Å². The number of rotatable bonds is 1. The highest BCUT2D eigenvalue weighted by Gasteiger charge is 2.25. The number of anilines is 1. The van der Waals surface area contributed by atoms with E-state index in [1.807, 2.05) is 0 Å². The molecule has 0 atom stereocenters. The fourth-order valence-electron chi connectivity index (χ4n) is 2.17. The van der Waals surface area contributed by atoms with Crippen LogP contribution in [0.3, 0.4) is 0 Å². The zero-order chi connectivity index (χ0) is 12.7. The first-order chi connectivity index (χ1) is 7.75. The Balaban J connectivity index is 2.22. The number of fused-ring (bicyclic) bond motifs is 1. The first-order valence-corrected chi connectivity index (χ1v) is 6.29. The summed E-state index contributed by atoms with van der Waals surface area (Å²) >= 11 is 0. The van der Waals surface area contributed by atoms with Crippen molar-refractivity contribution in [1.82, 2.24) is 0 Å². The standard InChI is InChI=1S/C15H23NO/c1-14(2,3)9-11-6-7-12-13(8-11)17-10-15(4,5)16-12/h6-8,16H,9-10H2,1-5H3. The molecule has 1 aliphatic rings. The van der Waals surface area contributed by atoms with E-state index in [0.717, 1.165) is 24.5 Å². The van der Waals surface area contributed by atoms with Gasteiger partial charge in [-0.2, -0.15) is 0 Å². The lowest BCUT2D eigenvalue weighted by Gasteiger charge is -2.34. The summed E-state index contributed by atoms with van der Waals surface area (Å²) in [6.45, 7) is 11.8. The molecule has 2 heteroatoms. The zero-order valence-electron chi connectivity index (χ0n) is 11.6. The second-order valence-electron chi connectivity index (χ2n) is 6.87. The highest BCUT2D eigenvalue weighted by atomic mass is 16.5. The molecule has 0 aliphatic carbocycles. The van der Waals surface area contributed by atoms with Crippen molar-refractivity contribution in [3.8, 4) is 5.75 Å². The summed E-state index contributed by atoms with van der Waals surface area (Å²) in [5.41, 5.74) is 2.80. The molecule has 94 valence electrons. The minimum Gasteiger partial charge on any atom is -0.489 e. The molecule has 1 aromatic rings. The van der Waals surface area contributed by atoms with Gasteiger partial charge >= 0.3 is 0 Å². The molecular weight excluding hydrogens is 210 g/mol. The average Bonchev–Trinajstić information content (AvgIpc) is 2.15. The minimum absolute atomic E-state index is 0.0263. The van der Waals surface area contributed by atoms with E-state index in [-0.39, 0.29) is 5.54 Å². The van der Waals surface area contributed by atoms with E-state index >= 15 is 0 Å². The first-order valence-electron chi connectivity index (χ1n) is 6.29. The van der Waals surface area contributed by atoms with Crippen LogP contribution in [0.5, 0.6) is 5.75 Å². The Morgan fingerprint density at radius 2 is 2.00 bits per heavy atom. The van der Waals surface area contributed by atoms with Gasteiger partial charge in [-0.1, -0.05) is 26.8 Å². The van der Waals surface area contributed by atoms with Gasteiger partial charge in [0.15, 0.2) is 0 Å². The molecule has 2 nitrogen and oxygen atoms in total. The third-order valence-electron chi connectivity index (χ3n) is 2.84. The molecule has 0 saturated carbocycles. The monoisotopic (exact) mass is 233 g/mol. The van der Waals surface area contributed by atoms with Crippen molar-refractivity contribution in [3.05, 3.63) is 23.8 Å². The van der Waals surface area contributed by atoms with Crippen molar-refractivity contribution < 1.29 is 4.74 Å². The molecule has 2 rings (SSSR count). The number of nitrogens with one attached hydrogen (secondary N) is 1. The first kappa shape index (κ1) is 12.3. The van der Waals surface area contributed by atoms with Crippen molar-refractivity contribution >= 4 is 5.69 Å². The number of hydrogen-bond donors (Lipinski definition) is 1. The minimum atomic E-state index is 0.0263. The maximum absolute atomic E-state index is 5.83. The van der Waals surface area contributed by atoms with E-state index in [4.69, 9.17) is 4.74 Å². The van der Waals surface area contributed by atoms with E-state index in [9.17, 15) is 0 Å². The molecule has 0 unspecified atom stereocenters. The van der Waals surface area contributed by atoms with Crippen LogP contribution in [-0.2, 0) is 6.42 Å². The van der Waals surface area contributed by atoms with Gasteiger partial charge in [0.2, 0.25) is 0 Å². The van der Waals surface area contributed by atoms with Crippen LogP contribution in [-0.4, -0.2) is 12.1 Å². The zero-order valence-corrected chi connectivity index (χ0v) is 11.6. The summed E-state index contributed by atoms with van der Waals surface area (Å²) in [6.07, 6.45) is 1.08. The predicted molar refractivity (Wildman–Crippen MR) is 72.8 cm³/mol. The summed E-state index contributed by atoms with van der Waals surface area (Å²) in [5.74, 6) is 0.992. The molecule has 1 aromatic carbocycles. The Morgan fingerprint density at radius 1 is 1.29 bits per heavy atom. The maximum atomic E-state index is 5.83. The molecule has 0 radical (unpaired) electrons. The van der Waals surface area contributed by atoms with Crippen molar-refractivity contribution in [3.63, 3.8) is 0 Å². The lowest BCUT2D eigenvalue weighted by Crippen LogP contribution is -2.40. The van der Waals surface area contributed by atoms with E-state index in [1.54, 1.807) is 0 Å². The predicted octanol–water partition coefficient (Wildman–Crippen LogP) is 3.86. The lowest BCUT2D eigenvalue weighted by molar-refractivity contribution is 0.241. The molecule has 1 N–H and O–H groups in total. The topological polar surface area (TPSA) is 21.3 Å². The van der Waals surface area contributed by atoms with Gasteiger partial charge in [-0.05, 0) is 43.4 Å². The second kappa shape index (κ2) is 3.94.